The molecule has 0 radical (unpaired) electrons. The number of hydrogen-bond donors (Lipinski definition) is 2. The second-order valence-electron chi connectivity index (χ2n) is 6.43. The molecule has 2 aromatic heterocycles. The molecule has 0 saturated heterocycles. The second-order valence-corrected chi connectivity index (χ2v) is 7.72. The lowest BCUT2D eigenvalue weighted by molar-refractivity contribution is 0.614. The topological polar surface area (TPSA) is 67.1 Å². The van der Waals surface area contributed by atoms with E-state index in [9.17, 15) is 4.39 Å². The van der Waals surface area contributed by atoms with Crippen molar-refractivity contribution in [1.29, 1.82) is 0 Å². The average Bonchev–Trinajstić information content (AvgIpc) is 3.23. The van der Waals surface area contributed by atoms with E-state index in [1.54, 1.807) is 34.4 Å². The predicted molar refractivity (Wildman–Crippen MR) is 112 cm³/mol. The Kier molecular flexibility index (Phi) is 6.41. The molecule has 3 rings (SSSR count). The normalized spacial score (nSPS) is 11.7. The van der Waals surface area contributed by atoms with Gasteiger partial charge in [-0.05, 0) is 45.4 Å². The summed E-state index contributed by atoms with van der Waals surface area (Å²) in [5.74, 6) is 1.14. The van der Waals surface area contributed by atoms with Gasteiger partial charge in [0.1, 0.15) is 16.6 Å². The first-order valence-electron chi connectivity index (χ1n) is 9.21. The quantitative estimate of drug-likeness (QED) is 0.490. The Hall–Kier alpha value is -2.74. The van der Waals surface area contributed by atoms with Crippen LogP contribution in [-0.2, 0) is 13.1 Å². The molecule has 3 aromatic rings. The zero-order valence-electron chi connectivity index (χ0n) is 16.6. The van der Waals surface area contributed by atoms with Crippen molar-refractivity contribution in [2.75, 3.05) is 6.54 Å². The van der Waals surface area contributed by atoms with Crippen molar-refractivity contribution in [1.82, 2.24) is 25.2 Å². The third-order valence-corrected chi connectivity index (χ3v) is 5.41. The van der Waals surface area contributed by atoms with E-state index >= 15 is 0 Å². The van der Waals surface area contributed by atoms with Gasteiger partial charge in [-0.2, -0.15) is 0 Å². The summed E-state index contributed by atoms with van der Waals surface area (Å²) in [6, 6.07) is 5.17. The summed E-state index contributed by atoms with van der Waals surface area (Å²) in [6.45, 7) is 9.67. The van der Waals surface area contributed by atoms with Crippen LogP contribution < -0.4 is 10.6 Å². The second kappa shape index (κ2) is 8.97. The van der Waals surface area contributed by atoms with Gasteiger partial charge in [-0.25, -0.2) is 19.4 Å². The Morgan fingerprint density at radius 2 is 2.07 bits per heavy atom. The van der Waals surface area contributed by atoms with Crippen molar-refractivity contribution in [2.45, 2.75) is 40.8 Å². The zero-order chi connectivity index (χ0) is 20.1. The number of aromatic nitrogens is 3. The maximum atomic E-state index is 14.5. The molecule has 0 unspecified atom stereocenters. The lowest BCUT2D eigenvalue weighted by Gasteiger charge is -2.11. The summed E-state index contributed by atoms with van der Waals surface area (Å²) in [5.41, 5.74) is 2.35. The van der Waals surface area contributed by atoms with E-state index in [-0.39, 0.29) is 5.82 Å². The van der Waals surface area contributed by atoms with Crippen LogP contribution in [0.25, 0.3) is 5.69 Å². The van der Waals surface area contributed by atoms with E-state index in [1.165, 1.54) is 10.9 Å². The standard InChI is InChI=1S/C20H25FN6S/c1-5-22-20(25-12-19-26-13(2)14(3)28-19)24-11-16-6-7-18(17(21)10-16)27-9-8-23-15(27)4/h6-10H,5,11-12H2,1-4H3,(H2,22,24,25). The number of thiazole rings is 1. The van der Waals surface area contributed by atoms with E-state index in [2.05, 4.69) is 32.5 Å². The van der Waals surface area contributed by atoms with Crippen LogP contribution in [0.5, 0.6) is 0 Å². The Balaban J connectivity index is 1.68. The van der Waals surface area contributed by atoms with E-state index in [0.717, 1.165) is 28.6 Å². The highest BCUT2D eigenvalue weighted by molar-refractivity contribution is 7.11. The van der Waals surface area contributed by atoms with Gasteiger partial charge in [-0.1, -0.05) is 6.07 Å². The number of imidazole rings is 1. The van der Waals surface area contributed by atoms with Gasteiger partial charge < -0.3 is 15.2 Å². The van der Waals surface area contributed by atoms with Crippen LogP contribution in [0.2, 0.25) is 0 Å². The molecule has 0 atom stereocenters. The molecule has 6 nitrogen and oxygen atoms in total. The molecular formula is C20H25FN6S. The maximum absolute atomic E-state index is 14.5. The fourth-order valence-corrected chi connectivity index (χ4v) is 3.64. The Morgan fingerprint density at radius 1 is 1.25 bits per heavy atom. The van der Waals surface area contributed by atoms with Crippen LogP contribution in [0.3, 0.4) is 0 Å². The molecule has 0 bridgehead atoms. The monoisotopic (exact) mass is 400 g/mol. The van der Waals surface area contributed by atoms with E-state index in [1.807, 2.05) is 26.8 Å². The molecule has 2 heterocycles. The lowest BCUT2D eigenvalue weighted by Crippen LogP contribution is -2.36. The van der Waals surface area contributed by atoms with E-state index < -0.39 is 0 Å². The maximum Gasteiger partial charge on any atom is 0.191 e. The molecule has 1 aromatic carbocycles. The number of benzene rings is 1. The fraction of sp³-hybridized carbons (Fsp3) is 0.350. The summed E-state index contributed by atoms with van der Waals surface area (Å²) in [6.07, 6.45) is 3.41. The molecule has 0 aliphatic rings. The van der Waals surface area contributed by atoms with Crippen LogP contribution >= 0.6 is 11.3 Å². The summed E-state index contributed by atoms with van der Waals surface area (Å²) in [4.78, 5) is 14.5. The lowest BCUT2D eigenvalue weighted by atomic mass is 10.2. The van der Waals surface area contributed by atoms with Crippen LogP contribution in [0.4, 0.5) is 4.39 Å². The minimum absolute atomic E-state index is 0.291. The molecule has 0 saturated carbocycles. The van der Waals surface area contributed by atoms with Crippen LogP contribution in [0.1, 0.15) is 33.9 Å². The Morgan fingerprint density at radius 3 is 2.68 bits per heavy atom. The minimum atomic E-state index is -0.291. The first-order chi connectivity index (χ1) is 13.5. The van der Waals surface area contributed by atoms with Gasteiger partial charge >= 0.3 is 0 Å². The summed E-state index contributed by atoms with van der Waals surface area (Å²) < 4.78 is 16.3. The van der Waals surface area contributed by atoms with Crippen LogP contribution in [0, 0.1) is 26.6 Å². The number of nitrogens with one attached hydrogen (secondary N) is 2. The van der Waals surface area contributed by atoms with Gasteiger partial charge in [0.25, 0.3) is 0 Å². The molecule has 0 spiro atoms. The Labute approximate surface area is 168 Å². The highest BCUT2D eigenvalue weighted by Gasteiger charge is 2.08. The molecule has 0 aliphatic carbocycles. The molecule has 2 N–H and O–H groups in total. The summed E-state index contributed by atoms with van der Waals surface area (Å²) >= 11 is 1.68. The zero-order valence-corrected chi connectivity index (χ0v) is 17.4. The highest BCUT2D eigenvalue weighted by atomic mass is 32.1. The minimum Gasteiger partial charge on any atom is -0.357 e. The first kappa shape index (κ1) is 20.0. The number of hydrogen-bond acceptors (Lipinski definition) is 4. The van der Waals surface area contributed by atoms with Crippen molar-refractivity contribution in [2.24, 2.45) is 4.99 Å². The van der Waals surface area contributed by atoms with Gasteiger partial charge in [0.05, 0.1) is 24.5 Å². The largest absolute Gasteiger partial charge is 0.357 e. The molecular weight excluding hydrogens is 375 g/mol. The van der Waals surface area contributed by atoms with E-state index in [4.69, 9.17) is 0 Å². The number of aliphatic imine (C=N–C) groups is 1. The van der Waals surface area contributed by atoms with Crippen LogP contribution in [-0.4, -0.2) is 27.0 Å². The van der Waals surface area contributed by atoms with Crippen molar-refractivity contribution in [3.05, 3.63) is 63.4 Å². The van der Waals surface area contributed by atoms with Crippen molar-refractivity contribution in [3.8, 4) is 5.69 Å². The molecule has 0 fully saturated rings. The van der Waals surface area contributed by atoms with Gasteiger partial charge in [0.15, 0.2) is 5.96 Å². The first-order valence-corrected chi connectivity index (χ1v) is 10.0. The third-order valence-electron chi connectivity index (χ3n) is 4.34. The van der Waals surface area contributed by atoms with Crippen molar-refractivity contribution >= 4 is 17.3 Å². The summed E-state index contributed by atoms with van der Waals surface area (Å²) in [5, 5.41) is 7.51. The van der Waals surface area contributed by atoms with Crippen molar-refractivity contribution in [3.63, 3.8) is 0 Å². The molecule has 28 heavy (non-hydrogen) atoms. The summed E-state index contributed by atoms with van der Waals surface area (Å²) in [7, 11) is 0. The molecule has 0 amide bonds. The van der Waals surface area contributed by atoms with E-state index in [0.29, 0.717) is 24.7 Å². The molecule has 8 heteroatoms. The average molecular weight is 401 g/mol. The predicted octanol–water partition coefficient (Wildman–Crippen LogP) is 3.65. The van der Waals surface area contributed by atoms with Gasteiger partial charge in [0.2, 0.25) is 0 Å². The third kappa shape index (κ3) is 4.75. The van der Waals surface area contributed by atoms with Crippen molar-refractivity contribution < 1.29 is 4.39 Å². The van der Waals surface area contributed by atoms with Gasteiger partial charge in [-0.3, -0.25) is 0 Å². The SMILES string of the molecule is CCNC(=NCc1ccc(-n2ccnc2C)c(F)c1)NCc1nc(C)c(C)s1. The Bertz CT molecular complexity index is 955. The number of aryl methyl sites for hydroxylation is 3. The number of rotatable bonds is 6. The van der Waals surface area contributed by atoms with Gasteiger partial charge in [0, 0.05) is 23.8 Å². The van der Waals surface area contributed by atoms with Gasteiger partial charge in [-0.15, -0.1) is 11.3 Å². The van der Waals surface area contributed by atoms with Crippen LogP contribution in [0.15, 0.2) is 35.6 Å². The number of nitrogens with zero attached hydrogens (tertiary/aromatic N) is 4. The smallest absolute Gasteiger partial charge is 0.191 e. The highest BCUT2D eigenvalue weighted by Crippen LogP contribution is 2.18. The number of guanidine groups is 1. The fourth-order valence-electron chi connectivity index (χ4n) is 2.76. The number of halogens is 1. The molecule has 148 valence electrons. The molecule has 0 aliphatic heterocycles.